The number of benzene rings is 2. The van der Waals surface area contributed by atoms with E-state index in [9.17, 15) is 4.79 Å². The van der Waals surface area contributed by atoms with Crippen LogP contribution in [0.4, 0.5) is 0 Å². The van der Waals surface area contributed by atoms with E-state index in [2.05, 4.69) is 0 Å². The van der Waals surface area contributed by atoms with Gasteiger partial charge < -0.3 is 9.84 Å². The van der Waals surface area contributed by atoms with Crippen molar-refractivity contribution in [3.8, 4) is 0 Å². The first-order chi connectivity index (χ1) is 10.2. The van der Waals surface area contributed by atoms with Crippen LogP contribution in [0, 0.1) is 0 Å². The molecule has 0 saturated heterocycles. The van der Waals surface area contributed by atoms with E-state index in [0.29, 0.717) is 5.75 Å². The van der Waals surface area contributed by atoms with Crippen LogP contribution < -0.4 is 0 Å². The third-order valence-electron chi connectivity index (χ3n) is 3.21. The number of methoxy groups -OCH3 is 1. The lowest BCUT2D eigenvalue weighted by Crippen LogP contribution is -2.16. The average Bonchev–Trinajstić information content (AvgIpc) is 2.56. The molecule has 0 amide bonds. The van der Waals surface area contributed by atoms with Crippen LogP contribution in [0.15, 0.2) is 59.5 Å². The number of hydrogen-bond acceptors (Lipinski definition) is 4. The predicted molar refractivity (Wildman–Crippen MR) is 84.3 cm³/mol. The summed E-state index contributed by atoms with van der Waals surface area (Å²) in [4.78, 5) is 13.0. The van der Waals surface area contributed by atoms with Gasteiger partial charge in [-0.1, -0.05) is 42.5 Å². The lowest BCUT2D eigenvalue weighted by atomic mass is 10.0. The molecule has 1 atom stereocenters. The molecule has 3 nitrogen and oxygen atoms in total. The van der Waals surface area contributed by atoms with Crippen LogP contribution in [-0.2, 0) is 16.1 Å². The van der Waals surface area contributed by atoms with Gasteiger partial charge >= 0.3 is 5.97 Å². The Hall–Kier alpha value is -1.78. The Balaban J connectivity index is 2.07. The van der Waals surface area contributed by atoms with Gasteiger partial charge in [-0.2, -0.15) is 0 Å². The quantitative estimate of drug-likeness (QED) is 0.657. The van der Waals surface area contributed by atoms with Gasteiger partial charge in [-0.3, -0.25) is 4.79 Å². The van der Waals surface area contributed by atoms with Crippen molar-refractivity contribution in [2.45, 2.75) is 17.4 Å². The van der Waals surface area contributed by atoms with E-state index in [1.807, 2.05) is 54.6 Å². The summed E-state index contributed by atoms with van der Waals surface area (Å²) >= 11 is 1.60. The average molecular weight is 302 g/mol. The number of hydrogen-bond donors (Lipinski definition) is 1. The topological polar surface area (TPSA) is 46.5 Å². The fourth-order valence-electron chi connectivity index (χ4n) is 2.00. The van der Waals surface area contributed by atoms with Crippen LogP contribution in [-0.4, -0.2) is 23.9 Å². The summed E-state index contributed by atoms with van der Waals surface area (Å²) in [5, 5.41) is 9.03. The van der Waals surface area contributed by atoms with Crippen molar-refractivity contribution in [3.63, 3.8) is 0 Å². The summed E-state index contributed by atoms with van der Waals surface area (Å²) in [5.41, 5.74) is 1.84. The zero-order chi connectivity index (χ0) is 15.1. The highest BCUT2D eigenvalue weighted by molar-refractivity contribution is 7.99. The maximum absolute atomic E-state index is 12.0. The number of carbonyl (C=O) groups is 1. The summed E-state index contributed by atoms with van der Waals surface area (Å²) in [6.45, 7) is 0.0414. The van der Waals surface area contributed by atoms with Crippen molar-refractivity contribution in [3.05, 3.63) is 65.7 Å². The molecule has 1 N–H and O–H groups in total. The van der Waals surface area contributed by atoms with E-state index in [0.717, 1.165) is 16.0 Å². The van der Waals surface area contributed by atoms with Gasteiger partial charge in [0.15, 0.2) is 0 Å². The Kier molecular flexibility index (Phi) is 5.84. The summed E-state index contributed by atoms with van der Waals surface area (Å²) < 4.78 is 4.91. The summed E-state index contributed by atoms with van der Waals surface area (Å²) in [6.07, 6.45) is 0. The minimum absolute atomic E-state index is 0.0414. The molecule has 2 aromatic rings. The van der Waals surface area contributed by atoms with E-state index in [4.69, 9.17) is 9.84 Å². The molecule has 0 spiro atoms. The van der Waals surface area contributed by atoms with E-state index in [-0.39, 0.29) is 18.5 Å². The predicted octanol–water partition coefficient (Wildman–Crippen LogP) is 3.23. The Bertz CT molecular complexity index is 566. The standard InChI is InChI=1S/C17H18O3S/c1-20-17(19)16(14-5-3-2-4-6-14)12-21-15-9-7-13(11-18)8-10-15/h2-10,16,18H,11-12H2,1H3. The van der Waals surface area contributed by atoms with Gasteiger partial charge in [-0.05, 0) is 23.3 Å². The first-order valence-corrected chi connectivity index (χ1v) is 7.68. The van der Waals surface area contributed by atoms with Crippen molar-refractivity contribution in [1.29, 1.82) is 0 Å². The second kappa shape index (κ2) is 7.86. The number of thioether (sulfide) groups is 1. The first-order valence-electron chi connectivity index (χ1n) is 6.70. The molecule has 0 radical (unpaired) electrons. The van der Waals surface area contributed by atoms with Gasteiger partial charge in [0, 0.05) is 10.6 Å². The Labute approximate surface area is 129 Å². The lowest BCUT2D eigenvalue weighted by molar-refractivity contribution is -0.141. The van der Waals surface area contributed by atoms with Crippen molar-refractivity contribution >= 4 is 17.7 Å². The van der Waals surface area contributed by atoms with Crippen LogP contribution in [0.3, 0.4) is 0 Å². The Morgan fingerprint density at radius 3 is 2.38 bits per heavy atom. The van der Waals surface area contributed by atoms with Crippen LogP contribution in [0.2, 0.25) is 0 Å². The van der Waals surface area contributed by atoms with Gasteiger partial charge in [-0.15, -0.1) is 11.8 Å². The van der Waals surface area contributed by atoms with Crippen LogP contribution >= 0.6 is 11.8 Å². The molecule has 4 heteroatoms. The van der Waals surface area contributed by atoms with Crippen LogP contribution in [0.1, 0.15) is 17.0 Å². The van der Waals surface area contributed by atoms with Gasteiger partial charge in [0.05, 0.1) is 19.6 Å². The van der Waals surface area contributed by atoms with Gasteiger partial charge in [-0.25, -0.2) is 0 Å². The Morgan fingerprint density at radius 2 is 1.81 bits per heavy atom. The molecule has 0 fully saturated rings. The molecule has 0 aliphatic rings. The number of rotatable bonds is 6. The van der Waals surface area contributed by atoms with Gasteiger partial charge in [0.25, 0.3) is 0 Å². The maximum atomic E-state index is 12.0. The monoisotopic (exact) mass is 302 g/mol. The van der Waals surface area contributed by atoms with E-state index in [1.165, 1.54) is 7.11 Å². The fraction of sp³-hybridized carbons (Fsp3) is 0.235. The summed E-state index contributed by atoms with van der Waals surface area (Å²) in [5.74, 6) is 0.120. The van der Waals surface area contributed by atoms with E-state index < -0.39 is 0 Å². The molecule has 1 unspecified atom stereocenters. The molecule has 2 aromatic carbocycles. The van der Waals surface area contributed by atoms with E-state index >= 15 is 0 Å². The number of carbonyl (C=O) groups excluding carboxylic acids is 1. The van der Waals surface area contributed by atoms with Crippen molar-refractivity contribution < 1.29 is 14.6 Å². The van der Waals surface area contributed by atoms with Gasteiger partial charge in [0.2, 0.25) is 0 Å². The second-order valence-electron chi connectivity index (χ2n) is 4.60. The zero-order valence-electron chi connectivity index (χ0n) is 11.9. The zero-order valence-corrected chi connectivity index (χ0v) is 12.7. The van der Waals surface area contributed by atoms with Gasteiger partial charge in [0.1, 0.15) is 0 Å². The SMILES string of the molecule is COC(=O)C(CSc1ccc(CO)cc1)c1ccccc1. The third kappa shape index (κ3) is 4.34. The minimum atomic E-state index is -0.279. The second-order valence-corrected chi connectivity index (χ2v) is 5.69. The molecule has 21 heavy (non-hydrogen) atoms. The molecule has 0 aliphatic carbocycles. The van der Waals surface area contributed by atoms with Crippen molar-refractivity contribution in [2.75, 3.05) is 12.9 Å². The maximum Gasteiger partial charge on any atom is 0.313 e. The number of aliphatic hydroxyl groups excluding tert-OH is 1. The molecule has 0 heterocycles. The van der Waals surface area contributed by atoms with Crippen LogP contribution in [0.25, 0.3) is 0 Å². The number of aliphatic hydroxyl groups is 1. The van der Waals surface area contributed by atoms with Crippen LogP contribution in [0.5, 0.6) is 0 Å². The highest BCUT2D eigenvalue weighted by atomic mass is 32.2. The van der Waals surface area contributed by atoms with Crippen molar-refractivity contribution in [1.82, 2.24) is 0 Å². The highest BCUT2D eigenvalue weighted by Crippen LogP contribution is 2.27. The summed E-state index contributed by atoms with van der Waals surface area (Å²) in [7, 11) is 1.42. The molecule has 0 saturated carbocycles. The number of ether oxygens (including phenoxy) is 1. The highest BCUT2D eigenvalue weighted by Gasteiger charge is 2.21. The minimum Gasteiger partial charge on any atom is -0.469 e. The largest absolute Gasteiger partial charge is 0.469 e. The Morgan fingerprint density at radius 1 is 1.14 bits per heavy atom. The fourth-order valence-corrected chi connectivity index (χ4v) is 3.01. The van der Waals surface area contributed by atoms with E-state index in [1.54, 1.807) is 11.8 Å². The molecule has 2 rings (SSSR count). The smallest absolute Gasteiger partial charge is 0.313 e. The molecule has 110 valence electrons. The first kappa shape index (κ1) is 15.6. The third-order valence-corrected chi connectivity index (χ3v) is 4.32. The molecule has 0 bridgehead atoms. The normalized spacial score (nSPS) is 11.9. The lowest BCUT2D eigenvalue weighted by Gasteiger charge is -2.14. The van der Waals surface area contributed by atoms with Crippen molar-refractivity contribution in [2.24, 2.45) is 0 Å². The molecule has 0 aliphatic heterocycles. The number of esters is 1. The molecule has 0 aromatic heterocycles. The molecular formula is C17H18O3S. The summed E-state index contributed by atoms with van der Waals surface area (Å²) in [6, 6.07) is 17.3. The molecular weight excluding hydrogens is 284 g/mol.